The molecular weight excluding hydrogens is 458 g/mol. The van der Waals surface area contributed by atoms with Crippen molar-refractivity contribution in [1.82, 2.24) is 9.47 Å². The van der Waals surface area contributed by atoms with Crippen LogP contribution in [-0.4, -0.2) is 20.6 Å². The number of aryl methyl sites for hydroxylation is 1. The van der Waals surface area contributed by atoms with E-state index in [1.165, 1.54) is 6.07 Å². The zero-order valence-electron chi connectivity index (χ0n) is 16.7. The highest BCUT2D eigenvalue weighted by Gasteiger charge is 2.35. The molecule has 158 valence electrons. The number of amides is 2. The molecule has 1 aliphatic heterocycles. The van der Waals surface area contributed by atoms with Gasteiger partial charge in [0, 0.05) is 22.6 Å². The number of aromatic nitrogens is 1. The van der Waals surface area contributed by atoms with Gasteiger partial charge >= 0.3 is 0 Å². The first-order chi connectivity index (χ1) is 14.8. The molecule has 1 aromatic heterocycles. The van der Waals surface area contributed by atoms with Gasteiger partial charge in [-0.05, 0) is 67.6 Å². The second-order valence-corrected chi connectivity index (χ2v) is 8.93. The van der Waals surface area contributed by atoms with E-state index in [4.69, 9.17) is 23.2 Å². The van der Waals surface area contributed by atoms with Crippen LogP contribution < -0.4 is 0 Å². The lowest BCUT2D eigenvalue weighted by Gasteiger charge is -2.12. The fourth-order valence-electron chi connectivity index (χ4n) is 3.53. The van der Waals surface area contributed by atoms with E-state index in [2.05, 4.69) is 0 Å². The average molecular weight is 475 g/mol. The summed E-state index contributed by atoms with van der Waals surface area (Å²) in [5, 5.41) is 0.497. The van der Waals surface area contributed by atoms with Crippen LogP contribution in [0.15, 0.2) is 53.4 Å². The third-order valence-electron chi connectivity index (χ3n) is 5.08. The number of imide groups is 1. The Kier molecular flexibility index (Phi) is 5.97. The summed E-state index contributed by atoms with van der Waals surface area (Å²) in [6, 6.07) is 13.4. The van der Waals surface area contributed by atoms with Crippen LogP contribution in [0.3, 0.4) is 0 Å². The molecule has 1 saturated heterocycles. The Morgan fingerprint density at radius 2 is 1.77 bits per heavy atom. The second-order valence-electron chi connectivity index (χ2n) is 7.12. The zero-order chi connectivity index (χ0) is 22.3. The smallest absolute Gasteiger partial charge is 0.293 e. The Morgan fingerprint density at radius 3 is 2.48 bits per heavy atom. The largest absolute Gasteiger partial charge is 0.318 e. The lowest BCUT2D eigenvalue weighted by atomic mass is 10.2. The van der Waals surface area contributed by atoms with E-state index in [1.807, 2.05) is 30.5 Å². The number of rotatable bonds is 4. The minimum atomic E-state index is -0.448. The fourth-order valence-corrected chi connectivity index (χ4v) is 4.65. The van der Waals surface area contributed by atoms with E-state index in [0.717, 1.165) is 39.3 Å². The predicted molar refractivity (Wildman–Crippen MR) is 123 cm³/mol. The molecule has 2 amide bonds. The molecule has 3 aromatic rings. The molecule has 4 rings (SSSR count). The molecule has 1 fully saturated rings. The second kappa shape index (κ2) is 8.54. The van der Waals surface area contributed by atoms with Crippen LogP contribution >= 0.6 is 35.0 Å². The number of hydrogen-bond donors (Lipinski definition) is 0. The third kappa shape index (κ3) is 4.15. The SMILES string of the molecule is Cc1cc(/C=C2\SC(=O)N(Cc3ccccc3F)C2=O)c(C)n1-c1ccc(Cl)c(Cl)c1. The third-order valence-corrected chi connectivity index (χ3v) is 6.72. The van der Waals surface area contributed by atoms with Gasteiger partial charge in [0.05, 0.1) is 21.5 Å². The monoisotopic (exact) mass is 474 g/mol. The Hall–Kier alpha value is -2.54. The van der Waals surface area contributed by atoms with Crippen LogP contribution in [0.2, 0.25) is 10.0 Å². The van der Waals surface area contributed by atoms with E-state index in [0.29, 0.717) is 20.5 Å². The number of carbonyl (C=O) groups excluding carboxylic acids is 2. The van der Waals surface area contributed by atoms with E-state index in [1.54, 1.807) is 36.4 Å². The minimum Gasteiger partial charge on any atom is -0.318 e. The molecule has 8 heteroatoms. The number of halogens is 3. The maximum absolute atomic E-state index is 14.0. The van der Waals surface area contributed by atoms with E-state index in [-0.39, 0.29) is 6.54 Å². The van der Waals surface area contributed by atoms with E-state index in [9.17, 15) is 14.0 Å². The molecule has 1 aliphatic rings. The molecule has 2 aromatic carbocycles. The van der Waals surface area contributed by atoms with Crippen LogP contribution in [-0.2, 0) is 11.3 Å². The Labute approximate surface area is 193 Å². The first-order valence-electron chi connectivity index (χ1n) is 9.39. The van der Waals surface area contributed by atoms with Crippen LogP contribution in [0.25, 0.3) is 11.8 Å². The van der Waals surface area contributed by atoms with Crippen LogP contribution in [0.1, 0.15) is 22.5 Å². The van der Waals surface area contributed by atoms with Gasteiger partial charge in [0.15, 0.2) is 0 Å². The highest BCUT2D eigenvalue weighted by atomic mass is 35.5. The molecule has 0 N–H and O–H groups in total. The first kappa shape index (κ1) is 21.7. The van der Waals surface area contributed by atoms with Crippen LogP contribution in [0, 0.1) is 19.7 Å². The topological polar surface area (TPSA) is 42.3 Å². The predicted octanol–water partition coefficient (Wildman–Crippen LogP) is 6.78. The van der Waals surface area contributed by atoms with Gasteiger partial charge in [-0.3, -0.25) is 14.5 Å². The maximum atomic E-state index is 14.0. The number of nitrogens with zero attached hydrogens (tertiary/aromatic N) is 2. The molecule has 0 atom stereocenters. The maximum Gasteiger partial charge on any atom is 0.293 e. The molecule has 31 heavy (non-hydrogen) atoms. The summed E-state index contributed by atoms with van der Waals surface area (Å²) in [7, 11) is 0. The van der Waals surface area contributed by atoms with Crippen molar-refractivity contribution in [2.24, 2.45) is 0 Å². The van der Waals surface area contributed by atoms with Gasteiger partial charge in [-0.1, -0.05) is 41.4 Å². The standard InChI is InChI=1S/C23H17Cl2FN2O2S/c1-13-9-16(14(2)28(13)17-7-8-18(24)19(25)11-17)10-21-22(29)27(23(30)31-21)12-15-5-3-4-6-20(15)26/h3-11H,12H2,1-2H3/b21-10-. The summed E-state index contributed by atoms with van der Waals surface area (Å²) in [6.45, 7) is 3.76. The minimum absolute atomic E-state index is 0.100. The van der Waals surface area contributed by atoms with Crippen molar-refractivity contribution in [3.05, 3.63) is 91.8 Å². The van der Waals surface area contributed by atoms with Crippen molar-refractivity contribution in [1.29, 1.82) is 0 Å². The molecular formula is C23H17Cl2FN2O2S. The summed E-state index contributed by atoms with van der Waals surface area (Å²) in [6.07, 6.45) is 1.70. The summed E-state index contributed by atoms with van der Waals surface area (Å²) in [5.41, 5.74) is 3.77. The van der Waals surface area contributed by atoms with E-state index >= 15 is 0 Å². The number of thioether (sulfide) groups is 1. The van der Waals surface area contributed by atoms with Crippen molar-refractivity contribution in [3.8, 4) is 5.69 Å². The number of benzene rings is 2. The van der Waals surface area contributed by atoms with Crippen LogP contribution in [0.5, 0.6) is 0 Å². The van der Waals surface area contributed by atoms with Crippen molar-refractivity contribution in [2.45, 2.75) is 20.4 Å². The molecule has 0 radical (unpaired) electrons. The zero-order valence-corrected chi connectivity index (χ0v) is 19.0. The Balaban J connectivity index is 1.65. The van der Waals surface area contributed by atoms with Crippen molar-refractivity contribution in [2.75, 3.05) is 0 Å². The van der Waals surface area contributed by atoms with E-state index < -0.39 is 17.0 Å². The van der Waals surface area contributed by atoms with Gasteiger partial charge in [0.2, 0.25) is 0 Å². The van der Waals surface area contributed by atoms with Gasteiger partial charge in [-0.25, -0.2) is 4.39 Å². The highest BCUT2D eigenvalue weighted by molar-refractivity contribution is 8.18. The Morgan fingerprint density at radius 1 is 1.03 bits per heavy atom. The van der Waals surface area contributed by atoms with Gasteiger partial charge in [-0.15, -0.1) is 0 Å². The van der Waals surface area contributed by atoms with Gasteiger partial charge in [-0.2, -0.15) is 0 Å². The number of hydrogen-bond acceptors (Lipinski definition) is 3. The van der Waals surface area contributed by atoms with Crippen molar-refractivity contribution < 1.29 is 14.0 Å². The molecule has 4 nitrogen and oxygen atoms in total. The average Bonchev–Trinajstić information content (AvgIpc) is 3.15. The Bertz CT molecular complexity index is 1250. The van der Waals surface area contributed by atoms with Gasteiger partial charge in [0.25, 0.3) is 11.1 Å². The molecule has 0 aliphatic carbocycles. The highest BCUT2D eigenvalue weighted by Crippen LogP contribution is 2.35. The number of carbonyl (C=O) groups is 2. The molecule has 2 heterocycles. The van der Waals surface area contributed by atoms with Crippen molar-refractivity contribution in [3.63, 3.8) is 0 Å². The summed E-state index contributed by atoms with van der Waals surface area (Å²) in [5.74, 6) is -0.881. The van der Waals surface area contributed by atoms with Gasteiger partial charge < -0.3 is 4.57 Å². The fraction of sp³-hybridized carbons (Fsp3) is 0.130. The summed E-state index contributed by atoms with van der Waals surface area (Å²) in [4.78, 5) is 26.6. The lowest BCUT2D eigenvalue weighted by molar-refractivity contribution is -0.123. The van der Waals surface area contributed by atoms with Gasteiger partial charge in [0.1, 0.15) is 5.82 Å². The normalized spacial score (nSPS) is 15.4. The molecule has 0 unspecified atom stereocenters. The lowest BCUT2D eigenvalue weighted by Crippen LogP contribution is -2.27. The van der Waals surface area contributed by atoms with Crippen LogP contribution in [0.4, 0.5) is 9.18 Å². The van der Waals surface area contributed by atoms with Crippen molar-refractivity contribution >= 4 is 52.2 Å². The summed E-state index contributed by atoms with van der Waals surface area (Å²) >= 11 is 13.0. The molecule has 0 bridgehead atoms. The quantitative estimate of drug-likeness (QED) is 0.391. The molecule has 0 saturated carbocycles. The molecule has 0 spiro atoms. The first-order valence-corrected chi connectivity index (χ1v) is 11.0. The summed E-state index contributed by atoms with van der Waals surface area (Å²) < 4.78 is 16.0.